The molecule has 3 aromatic rings. The Morgan fingerprint density at radius 2 is 2.00 bits per heavy atom. The van der Waals surface area contributed by atoms with E-state index in [1.165, 1.54) is 12.0 Å². The summed E-state index contributed by atoms with van der Waals surface area (Å²) in [6.45, 7) is 5.74. The number of methoxy groups -OCH3 is 1. The lowest BCUT2D eigenvalue weighted by molar-refractivity contribution is 0.0598. The molecule has 3 heterocycles. The van der Waals surface area contributed by atoms with Crippen molar-refractivity contribution < 1.29 is 18.7 Å². The van der Waals surface area contributed by atoms with Crippen molar-refractivity contribution in [1.29, 1.82) is 0 Å². The fraction of sp³-hybridized carbons (Fsp3) is 0.368. The summed E-state index contributed by atoms with van der Waals surface area (Å²) in [5.74, 6) is 0.231. The van der Waals surface area contributed by atoms with Gasteiger partial charge >= 0.3 is 5.97 Å². The third-order valence-electron chi connectivity index (χ3n) is 4.69. The maximum Gasteiger partial charge on any atom is 0.341 e. The zero-order chi connectivity index (χ0) is 20.6. The van der Waals surface area contributed by atoms with E-state index < -0.39 is 5.97 Å². The number of aromatic amines is 1. The number of nitrogens with zero attached hydrogens (tertiary/aromatic N) is 4. The molecule has 0 radical (unpaired) electrons. The molecule has 0 fully saturated rings. The van der Waals surface area contributed by atoms with Crippen molar-refractivity contribution >= 4 is 11.9 Å². The zero-order valence-electron chi connectivity index (χ0n) is 16.8. The summed E-state index contributed by atoms with van der Waals surface area (Å²) >= 11 is 0. The molecule has 0 aliphatic rings. The molecule has 0 saturated heterocycles. The number of H-pyrrole nitrogens is 1. The molecule has 3 aromatic heterocycles. The first kappa shape index (κ1) is 19.4. The Labute approximate surface area is 162 Å². The zero-order valence-corrected chi connectivity index (χ0v) is 16.8. The molecular formula is C19H23N5O4. The van der Waals surface area contributed by atoms with Crippen LogP contribution in [-0.2, 0) is 18.3 Å². The summed E-state index contributed by atoms with van der Waals surface area (Å²) in [6.07, 6.45) is 0. The highest BCUT2D eigenvalue weighted by molar-refractivity contribution is 5.93. The molecule has 3 rings (SSSR count). The van der Waals surface area contributed by atoms with E-state index >= 15 is 0 Å². The van der Waals surface area contributed by atoms with Crippen LogP contribution in [0.15, 0.2) is 16.5 Å². The van der Waals surface area contributed by atoms with E-state index in [0.717, 1.165) is 17.0 Å². The molecule has 0 aliphatic heterocycles. The van der Waals surface area contributed by atoms with Gasteiger partial charge in [0.25, 0.3) is 5.91 Å². The van der Waals surface area contributed by atoms with Crippen molar-refractivity contribution in [3.05, 3.63) is 46.3 Å². The van der Waals surface area contributed by atoms with Gasteiger partial charge in [-0.3, -0.25) is 14.6 Å². The third-order valence-corrected chi connectivity index (χ3v) is 4.69. The van der Waals surface area contributed by atoms with Crippen molar-refractivity contribution in [2.24, 2.45) is 7.05 Å². The summed E-state index contributed by atoms with van der Waals surface area (Å²) in [5.41, 5.74) is 4.10. The summed E-state index contributed by atoms with van der Waals surface area (Å²) in [5, 5.41) is 11.5. The molecule has 0 aliphatic carbocycles. The van der Waals surface area contributed by atoms with Crippen LogP contribution >= 0.6 is 0 Å². The van der Waals surface area contributed by atoms with Gasteiger partial charge in [0, 0.05) is 25.4 Å². The van der Waals surface area contributed by atoms with E-state index in [1.54, 1.807) is 30.8 Å². The molecule has 9 nitrogen and oxygen atoms in total. The Kier molecular flexibility index (Phi) is 5.08. The number of furan rings is 1. The van der Waals surface area contributed by atoms with Crippen LogP contribution < -0.4 is 0 Å². The van der Waals surface area contributed by atoms with Gasteiger partial charge in [-0.2, -0.15) is 10.2 Å². The molecule has 0 saturated carbocycles. The van der Waals surface area contributed by atoms with Crippen LogP contribution in [0.4, 0.5) is 0 Å². The molecule has 0 bridgehead atoms. The number of carbonyl (C=O) groups is 2. The Balaban J connectivity index is 1.78. The van der Waals surface area contributed by atoms with Gasteiger partial charge in [0.05, 0.1) is 25.0 Å². The first-order chi connectivity index (χ1) is 13.2. The van der Waals surface area contributed by atoms with Gasteiger partial charge in [0.15, 0.2) is 0 Å². The van der Waals surface area contributed by atoms with E-state index in [-0.39, 0.29) is 12.5 Å². The van der Waals surface area contributed by atoms with Crippen molar-refractivity contribution in [3.63, 3.8) is 0 Å². The van der Waals surface area contributed by atoms with Gasteiger partial charge < -0.3 is 14.1 Å². The second kappa shape index (κ2) is 7.34. The largest absolute Gasteiger partial charge is 0.465 e. The van der Waals surface area contributed by atoms with Crippen LogP contribution in [0.2, 0.25) is 0 Å². The second-order valence-corrected chi connectivity index (χ2v) is 6.67. The van der Waals surface area contributed by atoms with E-state index in [1.807, 2.05) is 20.9 Å². The highest BCUT2D eigenvalue weighted by Crippen LogP contribution is 2.25. The fourth-order valence-electron chi connectivity index (χ4n) is 3.15. The molecule has 0 atom stereocenters. The predicted octanol–water partition coefficient (Wildman–Crippen LogP) is 2.39. The summed E-state index contributed by atoms with van der Waals surface area (Å²) in [6, 6.07) is 3.30. The number of hydrogen-bond acceptors (Lipinski definition) is 6. The van der Waals surface area contributed by atoms with Gasteiger partial charge in [0.1, 0.15) is 22.8 Å². The quantitative estimate of drug-likeness (QED) is 0.676. The lowest BCUT2D eigenvalue weighted by Gasteiger charge is -2.14. The summed E-state index contributed by atoms with van der Waals surface area (Å²) in [7, 11) is 4.83. The smallest absolute Gasteiger partial charge is 0.341 e. The van der Waals surface area contributed by atoms with Crippen LogP contribution in [0.3, 0.4) is 0 Å². The van der Waals surface area contributed by atoms with Gasteiger partial charge in [-0.1, -0.05) is 0 Å². The average molecular weight is 385 g/mol. The van der Waals surface area contributed by atoms with Crippen LogP contribution in [0.1, 0.15) is 43.8 Å². The molecule has 28 heavy (non-hydrogen) atoms. The van der Waals surface area contributed by atoms with E-state index in [9.17, 15) is 9.59 Å². The molecule has 0 aromatic carbocycles. The fourth-order valence-corrected chi connectivity index (χ4v) is 3.15. The molecular weight excluding hydrogens is 362 g/mol. The Hall–Kier alpha value is -3.36. The van der Waals surface area contributed by atoms with Gasteiger partial charge in [-0.25, -0.2) is 4.79 Å². The molecule has 9 heteroatoms. The van der Waals surface area contributed by atoms with Crippen LogP contribution in [0.25, 0.3) is 11.3 Å². The average Bonchev–Trinajstić information content (AvgIpc) is 3.32. The second-order valence-electron chi connectivity index (χ2n) is 6.67. The lowest BCUT2D eigenvalue weighted by atomic mass is 10.1. The van der Waals surface area contributed by atoms with Crippen molar-refractivity contribution in [2.75, 3.05) is 14.2 Å². The summed E-state index contributed by atoms with van der Waals surface area (Å²) in [4.78, 5) is 25.9. The first-order valence-corrected chi connectivity index (χ1v) is 8.72. The molecule has 0 unspecified atom stereocenters. The van der Waals surface area contributed by atoms with Crippen molar-refractivity contribution in [1.82, 2.24) is 24.9 Å². The van der Waals surface area contributed by atoms with Crippen molar-refractivity contribution in [3.8, 4) is 11.3 Å². The van der Waals surface area contributed by atoms with E-state index in [2.05, 4.69) is 15.3 Å². The Morgan fingerprint density at radius 1 is 1.29 bits per heavy atom. The van der Waals surface area contributed by atoms with E-state index in [0.29, 0.717) is 28.5 Å². The third kappa shape index (κ3) is 3.42. The number of rotatable bonds is 5. The number of ether oxygens (including phenoxy) is 1. The minimum atomic E-state index is -0.470. The Morgan fingerprint density at radius 3 is 2.61 bits per heavy atom. The number of aromatic nitrogens is 4. The molecule has 1 N–H and O–H groups in total. The van der Waals surface area contributed by atoms with Gasteiger partial charge in [0.2, 0.25) is 0 Å². The number of carbonyl (C=O) groups excluding carboxylic acids is 2. The van der Waals surface area contributed by atoms with Crippen LogP contribution in [0, 0.1) is 20.8 Å². The molecule has 1 amide bonds. The highest BCUT2D eigenvalue weighted by atomic mass is 16.5. The predicted molar refractivity (Wildman–Crippen MR) is 101 cm³/mol. The maximum absolute atomic E-state index is 12.8. The maximum atomic E-state index is 12.8. The van der Waals surface area contributed by atoms with Crippen molar-refractivity contribution in [2.45, 2.75) is 27.3 Å². The van der Waals surface area contributed by atoms with Crippen LogP contribution in [0.5, 0.6) is 0 Å². The number of aryl methyl sites for hydroxylation is 3. The van der Waals surface area contributed by atoms with Gasteiger partial charge in [-0.05, 0) is 32.9 Å². The highest BCUT2D eigenvalue weighted by Gasteiger charge is 2.21. The van der Waals surface area contributed by atoms with Gasteiger partial charge in [-0.15, -0.1) is 0 Å². The number of esters is 1. The topological polar surface area (TPSA) is 106 Å². The van der Waals surface area contributed by atoms with E-state index in [4.69, 9.17) is 9.15 Å². The number of amides is 1. The monoisotopic (exact) mass is 385 g/mol. The Bertz CT molecular complexity index is 1040. The van der Waals surface area contributed by atoms with Crippen LogP contribution in [-0.4, -0.2) is 50.9 Å². The first-order valence-electron chi connectivity index (χ1n) is 8.72. The minimum absolute atomic E-state index is 0.204. The lowest BCUT2D eigenvalue weighted by Crippen LogP contribution is -2.26. The number of nitrogens with one attached hydrogen (secondary N) is 1. The normalized spacial score (nSPS) is 10.9. The summed E-state index contributed by atoms with van der Waals surface area (Å²) < 4.78 is 12.1. The standard InChI is InChI=1S/C19H23N5O4/c1-10-17(11(2)24(5)22-10)15-8-16(21-20-15)18(25)23(4)9-13-7-14(12(3)28-13)19(26)27-6/h7-8H,9H2,1-6H3,(H,20,21). The number of hydrogen-bond donors (Lipinski definition) is 1. The SMILES string of the molecule is COC(=O)c1cc(CN(C)C(=O)c2cc(-c3c(C)nn(C)c3C)n[nH]2)oc1C. The molecule has 0 spiro atoms. The molecule has 148 valence electrons. The minimum Gasteiger partial charge on any atom is -0.465 e.